The summed E-state index contributed by atoms with van der Waals surface area (Å²) in [7, 11) is -0.607. The van der Waals surface area contributed by atoms with Crippen LogP contribution in [0.5, 0.6) is 0 Å². The molecule has 0 spiro atoms. The van der Waals surface area contributed by atoms with Crippen molar-refractivity contribution >= 4 is 26.5 Å². The van der Waals surface area contributed by atoms with E-state index in [-0.39, 0.29) is 19.1 Å². The molecule has 2 N–H and O–H groups in total. The molecule has 0 aromatic rings. The van der Waals surface area contributed by atoms with Crippen molar-refractivity contribution in [2.75, 3.05) is 13.2 Å². The van der Waals surface area contributed by atoms with E-state index < -0.39 is 16.0 Å². The zero-order valence-corrected chi connectivity index (χ0v) is 13.8. The fraction of sp³-hybridized carbons (Fsp3) is 0.700. The minimum absolute atomic E-state index is 0.0232. The molecule has 0 aliphatic carbocycles. The highest BCUT2D eigenvalue weighted by molar-refractivity contribution is 6.31. The normalized spacial score (nSPS) is 11.5. The number of hydrogen-bond acceptors (Lipinski definition) is 5. The van der Waals surface area contributed by atoms with Crippen LogP contribution in [-0.2, 0) is 13.3 Å². The van der Waals surface area contributed by atoms with Gasteiger partial charge < -0.3 is 18.8 Å². The predicted molar refractivity (Wildman–Crippen MR) is 70.9 cm³/mol. The molecule has 5 nitrogen and oxygen atoms in total. The topological polar surface area (TPSA) is 76.0 Å². The van der Waals surface area contributed by atoms with Crippen LogP contribution in [0, 0.1) is 5.92 Å². The highest BCUT2D eigenvalue weighted by atomic mass is 28.3. The quantitative estimate of drug-likeness (QED) is 0.377. The van der Waals surface area contributed by atoms with E-state index in [1.54, 1.807) is 0 Å². The Morgan fingerprint density at radius 1 is 1.29 bits per heavy atom. The van der Waals surface area contributed by atoms with Crippen LogP contribution in [0.3, 0.4) is 0 Å². The first-order valence-corrected chi connectivity index (χ1v) is 7.71. The minimum atomic E-state index is -1.19. The molecule has 0 atom stereocenters. The summed E-state index contributed by atoms with van der Waals surface area (Å²) < 4.78 is 9.90. The second-order valence-electron chi connectivity index (χ2n) is 3.79. The van der Waals surface area contributed by atoms with E-state index in [1.165, 1.54) is 0 Å². The molecule has 0 aromatic carbocycles. The van der Waals surface area contributed by atoms with Gasteiger partial charge in [0.15, 0.2) is 0 Å². The van der Waals surface area contributed by atoms with Crippen molar-refractivity contribution in [3.05, 3.63) is 12.2 Å². The van der Waals surface area contributed by atoms with Gasteiger partial charge in [-0.15, -0.1) is 0 Å². The zero-order valence-electron chi connectivity index (χ0n) is 10.4. The standard InChI is InChI=1S/C10H22O5Si2/c1-8(10(13)14-17-15-16)9(4-2-6-11)5-3-7-12/h9,11-12H,1-7,17H2,16H3. The molecule has 0 bridgehead atoms. The maximum Gasteiger partial charge on any atom is 0.358 e. The Labute approximate surface area is 107 Å². The van der Waals surface area contributed by atoms with Gasteiger partial charge in [-0.25, -0.2) is 4.79 Å². The second-order valence-corrected chi connectivity index (χ2v) is 6.63. The fourth-order valence-corrected chi connectivity index (χ4v) is 2.30. The smallest absolute Gasteiger partial charge is 0.358 e. The van der Waals surface area contributed by atoms with Crippen LogP contribution in [-0.4, -0.2) is 49.9 Å². The third kappa shape index (κ3) is 7.45. The Bertz CT molecular complexity index is 227. The summed E-state index contributed by atoms with van der Waals surface area (Å²) in [5, 5.41) is 17.6. The maximum absolute atomic E-state index is 11.6. The first-order valence-electron chi connectivity index (χ1n) is 5.74. The molecule has 0 aliphatic heterocycles. The van der Waals surface area contributed by atoms with Gasteiger partial charge in [0.1, 0.15) is 10.5 Å². The molecule has 0 aliphatic rings. The number of aliphatic hydroxyl groups excluding tert-OH is 2. The molecule has 0 heterocycles. The van der Waals surface area contributed by atoms with Crippen molar-refractivity contribution in [2.24, 2.45) is 5.92 Å². The number of carbonyl (C=O) groups excluding carboxylic acids is 1. The van der Waals surface area contributed by atoms with Crippen LogP contribution in [0.15, 0.2) is 12.2 Å². The fourth-order valence-electron chi connectivity index (χ4n) is 1.54. The van der Waals surface area contributed by atoms with E-state index in [2.05, 4.69) is 6.58 Å². The van der Waals surface area contributed by atoms with Gasteiger partial charge in [-0.1, -0.05) is 6.58 Å². The van der Waals surface area contributed by atoms with Crippen LogP contribution in [0.1, 0.15) is 25.7 Å². The van der Waals surface area contributed by atoms with Gasteiger partial charge in [0.25, 0.3) is 0 Å². The lowest BCUT2D eigenvalue weighted by Crippen LogP contribution is -2.18. The highest BCUT2D eigenvalue weighted by Gasteiger charge is 2.19. The van der Waals surface area contributed by atoms with Crippen LogP contribution in [0.25, 0.3) is 0 Å². The van der Waals surface area contributed by atoms with E-state index in [0.29, 0.717) is 41.7 Å². The van der Waals surface area contributed by atoms with Crippen LogP contribution in [0.4, 0.5) is 0 Å². The van der Waals surface area contributed by atoms with Crippen LogP contribution in [0.2, 0.25) is 0 Å². The Balaban J connectivity index is 4.23. The van der Waals surface area contributed by atoms with Gasteiger partial charge in [0.05, 0.1) is 0 Å². The average Bonchev–Trinajstić information content (AvgIpc) is 2.35. The summed E-state index contributed by atoms with van der Waals surface area (Å²) in [6.45, 7) is 3.94. The first-order chi connectivity index (χ1) is 8.17. The predicted octanol–water partition coefficient (Wildman–Crippen LogP) is -1.46. The van der Waals surface area contributed by atoms with Gasteiger partial charge in [-0.3, -0.25) is 0 Å². The van der Waals surface area contributed by atoms with E-state index in [1.807, 2.05) is 0 Å². The monoisotopic (exact) mass is 278 g/mol. The molecule has 0 saturated carbocycles. The molecule has 0 radical (unpaired) electrons. The van der Waals surface area contributed by atoms with Crippen LogP contribution >= 0.6 is 0 Å². The van der Waals surface area contributed by atoms with E-state index >= 15 is 0 Å². The summed E-state index contributed by atoms with van der Waals surface area (Å²) in [4.78, 5) is 11.6. The lowest BCUT2D eigenvalue weighted by molar-refractivity contribution is -0.131. The summed E-state index contributed by atoms with van der Waals surface area (Å²) in [5.74, 6) is -0.418. The molecular weight excluding hydrogens is 256 g/mol. The molecule has 0 unspecified atom stereocenters. The summed E-state index contributed by atoms with van der Waals surface area (Å²) in [6.07, 6.45) is 2.62. The zero-order chi connectivity index (χ0) is 13.1. The van der Waals surface area contributed by atoms with Gasteiger partial charge in [-0.2, -0.15) is 0 Å². The Morgan fingerprint density at radius 2 is 1.82 bits per heavy atom. The Kier molecular flexibility index (Phi) is 10.4. The summed E-state index contributed by atoms with van der Waals surface area (Å²) >= 11 is 0. The van der Waals surface area contributed by atoms with Gasteiger partial charge in [-0.05, 0) is 31.6 Å². The molecule has 0 aromatic heterocycles. The molecule has 0 amide bonds. The van der Waals surface area contributed by atoms with Crippen molar-refractivity contribution in [3.8, 4) is 0 Å². The third-order valence-corrected chi connectivity index (χ3v) is 3.81. The molecule has 100 valence electrons. The van der Waals surface area contributed by atoms with Gasteiger partial charge in [0.2, 0.25) is 0 Å². The maximum atomic E-state index is 11.6. The molecule has 0 saturated heterocycles. The molecule has 0 fully saturated rings. The molecule has 17 heavy (non-hydrogen) atoms. The second kappa shape index (κ2) is 10.7. The highest BCUT2D eigenvalue weighted by Crippen LogP contribution is 2.22. The van der Waals surface area contributed by atoms with E-state index in [0.717, 1.165) is 0 Å². The van der Waals surface area contributed by atoms with Crippen molar-refractivity contribution in [1.82, 2.24) is 0 Å². The van der Waals surface area contributed by atoms with Crippen molar-refractivity contribution in [1.29, 1.82) is 0 Å². The van der Waals surface area contributed by atoms with Crippen molar-refractivity contribution in [3.63, 3.8) is 0 Å². The summed E-state index contributed by atoms with van der Waals surface area (Å²) in [6, 6.07) is 0. The van der Waals surface area contributed by atoms with Crippen molar-refractivity contribution in [2.45, 2.75) is 25.7 Å². The third-order valence-electron chi connectivity index (χ3n) is 2.48. The lowest BCUT2D eigenvalue weighted by atomic mass is 9.91. The number of hydrogen-bond donors (Lipinski definition) is 2. The minimum Gasteiger partial charge on any atom is -0.497 e. The molecule has 0 rings (SSSR count). The number of aliphatic hydroxyl groups is 2. The van der Waals surface area contributed by atoms with Gasteiger partial charge in [0, 0.05) is 18.8 Å². The average molecular weight is 278 g/mol. The van der Waals surface area contributed by atoms with Crippen LogP contribution < -0.4 is 0 Å². The molecular formula is C10H22O5Si2. The Morgan fingerprint density at radius 3 is 2.24 bits per heavy atom. The SMILES string of the molecule is C=C(C(=O)O[SiH2]O[SiH3])C(CCCO)CCCO. The largest absolute Gasteiger partial charge is 0.497 e. The number of carbonyl (C=O) groups is 1. The lowest BCUT2D eigenvalue weighted by Gasteiger charge is -2.17. The first kappa shape index (κ1) is 16.5. The summed E-state index contributed by atoms with van der Waals surface area (Å²) in [5.41, 5.74) is 0.429. The Hall–Kier alpha value is -0.476. The number of rotatable bonds is 10. The van der Waals surface area contributed by atoms with E-state index in [4.69, 9.17) is 18.8 Å². The van der Waals surface area contributed by atoms with E-state index in [9.17, 15) is 4.79 Å². The molecule has 7 heteroatoms. The van der Waals surface area contributed by atoms with Crippen molar-refractivity contribution < 1.29 is 23.5 Å². The van der Waals surface area contributed by atoms with Gasteiger partial charge >= 0.3 is 16.0 Å².